The Morgan fingerprint density at radius 1 is 1.00 bits per heavy atom. The van der Waals surface area contributed by atoms with Gasteiger partial charge in [0.1, 0.15) is 6.54 Å². The summed E-state index contributed by atoms with van der Waals surface area (Å²) in [5, 5.41) is 0. The first-order chi connectivity index (χ1) is 13.6. The standard InChI is InChI=1S/C22H22N2O4/c1-28-22(27)18-12-17-13-23(21(26)16-10-6-3-7-11-16)14-19(25)24(17)20(18)15-8-4-2-5-9-15/h2-11,17-18,20H,12-14H2,1H3/t17-,18-,20-/m0/s1. The Morgan fingerprint density at radius 3 is 2.29 bits per heavy atom. The van der Waals surface area contributed by atoms with E-state index in [9.17, 15) is 14.4 Å². The third kappa shape index (κ3) is 3.15. The minimum absolute atomic E-state index is 0.0153. The lowest BCUT2D eigenvalue weighted by Gasteiger charge is -2.40. The van der Waals surface area contributed by atoms with Crippen molar-refractivity contribution in [3.63, 3.8) is 0 Å². The van der Waals surface area contributed by atoms with Gasteiger partial charge in [0, 0.05) is 12.1 Å². The molecule has 0 aliphatic carbocycles. The van der Waals surface area contributed by atoms with Gasteiger partial charge in [-0.3, -0.25) is 14.4 Å². The average Bonchev–Trinajstić information content (AvgIpc) is 3.14. The van der Waals surface area contributed by atoms with Crippen molar-refractivity contribution >= 4 is 17.8 Å². The predicted molar refractivity (Wildman–Crippen MR) is 102 cm³/mol. The molecule has 0 saturated carbocycles. The Morgan fingerprint density at radius 2 is 1.64 bits per heavy atom. The quantitative estimate of drug-likeness (QED) is 0.769. The molecule has 0 unspecified atom stereocenters. The fraction of sp³-hybridized carbons (Fsp3) is 0.318. The molecular formula is C22H22N2O4. The summed E-state index contributed by atoms with van der Waals surface area (Å²) in [4.78, 5) is 41.7. The van der Waals surface area contributed by atoms with Gasteiger partial charge in [0.15, 0.2) is 0 Å². The summed E-state index contributed by atoms with van der Waals surface area (Å²) in [6.45, 7) is 0.428. The second-order valence-electron chi connectivity index (χ2n) is 7.23. The predicted octanol–water partition coefficient (Wildman–Crippen LogP) is 2.27. The number of fused-ring (bicyclic) bond motifs is 1. The number of carbonyl (C=O) groups excluding carboxylic acids is 3. The summed E-state index contributed by atoms with van der Waals surface area (Å²) in [7, 11) is 1.37. The molecule has 2 aromatic rings. The lowest BCUT2D eigenvalue weighted by atomic mass is 9.93. The van der Waals surface area contributed by atoms with Crippen LogP contribution in [0.5, 0.6) is 0 Å². The zero-order valence-corrected chi connectivity index (χ0v) is 15.7. The van der Waals surface area contributed by atoms with E-state index < -0.39 is 5.92 Å². The first kappa shape index (κ1) is 18.2. The van der Waals surface area contributed by atoms with Gasteiger partial charge in [-0.25, -0.2) is 0 Å². The molecule has 4 rings (SSSR count). The molecule has 6 nitrogen and oxygen atoms in total. The number of methoxy groups -OCH3 is 1. The summed E-state index contributed by atoms with van der Waals surface area (Å²) < 4.78 is 5.01. The monoisotopic (exact) mass is 378 g/mol. The van der Waals surface area contributed by atoms with E-state index in [-0.39, 0.29) is 36.4 Å². The fourth-order valence-electron chi connectivity index (χ4n) is 4.38. The van der Waals surface area contributed by atoms with E-state index in [1.807, 2.05) is 36.4 Å². The molecule has 2 saturated heterocycles. The number of carbonyl (C=O) groups is 3. The van der Waals surface area contributed by atoms with Crippen molar-refractivity contribution in [1.82, 2.24) is 9.80 Å². The van der Waals surface area contributed by atoms with E-state index in [0.717, 1.165) is 5.56 Å². The van der Waals surface area contributed by atoms with Crippen LogP contribution in [0.3, 0.4) is 0 Å². The molecule has 28 heavy (non-hydrogen) atoms. The third-order valence-corrected chi connectivity index (χ3v) is 5.60. The van der Waals surface area contributed by atoms with Crippen molar-refractivity contribution in [2.24, 2.45) is 5.92 Å². The number of rotatable bonds is 3. The highest BCUT2D eigenvalue weighted by atomic mass is 16.5. The SMILES string of the molecule is COC(=O)[C@H]1C[C@H]2CN(C(=O)c3ccccc3)CC(=O)N2[C@H]1c1ccccc1. The molecule has 2 aromatic carbocycles. The van der Waals surface area contributed by atoms with Crippen molar-refractivity contribution < 1.29 is 19.1 Å². The van der Waals surface area contributed by atoms with Crippen LogP contribution in [0.4, 0.5) is 0 Å². The Labute approximate surface area is 163 Å². The second-order valence-corrected chi connectivity index (χ2v) is 7.23. The molecule has 3 atom stereocenters. The second kappa shape index (κ2) is 7.46. The highest BCUT2D eigenvalue weighted by Crippen LogP contribution is 2.43. The molecular weight excluding hydrogens is 356 g/mol. The van der Waals surface area contributed by atoms with Crippen molar-refractivity contribution in [3.8, 4) is 0 Å². The van der Waals surface area contributed by atoms with Gasteiger partial charge in [0.25, 0.3) is 5.91 Å². The van der Waals surface area contributed by atoms with Gasteiger partial charge in [-0.1, -0.05) is 48.5 Å². The molecule has 0 bridgehead atoms. The van der Waals surface area contributed by atoms with Gasteiger partial charge in [-0.15, -0.1) is 0 Å². The summed E-state index contributed by atoms with van der Waals surface area (Å²) in [6, 6.07) is 17.9. The highest BCUT2D eigenvalue weighted by Gasteiger charge is 2.51. The zero-order chi connectivity index (χ0) is 19.7. The molecule has 2 fully saturated rings. The van der Waals surface area contributed by atoms with E-state index >= 15 is 0 Å². The molecule has 0 radical (unpaired) electrons. The zero-order valence-electron chi connectivity index (χ0n) is 15.7. The Balaban J connectivity index is 1.63. The van der Waals surface area contributed by atoms with Crippen molar-refractivity contribution in [2.75, 3.05) is 20.2 Å². The Bertz CT molecular complexity index is 884. The topological polar surface area (TPSA) is 66.9 Å². The summed E-state index contributed by atoms with van der Waals surface area (Å²) in [6.07, 6.45) is 0.483. The van der Waals surface area contributed by atoms with Gasteiger partial charge in [0.05, 0.1) is 25.1 Å². The fourth-order valence-corrected chi connectivity index (χ4v) is 4.38. The van der Waals surface area contributed by atoms with E-state index in [1.165, 1.54) is 7.11 Å². The lowest BCUT2D eigenvalue weighted by Crippen LogP contribution is -2.55. The normalized spacial score (nSPS) is 24.0. The molecule has 2 aliphatic rings. The number of benzene rings is 2. The smallest absolute Gasteiger partial charge is 0.311 e. The first-order valence-electron chi connectivity index (χ1n) is 9.38. The number of hydrogen-bond acceptors (Lipinski definition) is 4. The number of piperazine rings is 1. The van der Waals surface area contributed by atoms with E-state index in [2.05, 4.69) is 0 Å². The van der Waals surface area contributed by atoms with E-state index in [4.69, 9.17) is 4.74 Å². The van der Waals surface area contributed by atoms with Crippen LogP contribution in [-0.2, 0) is 14.3 Å². The maximum Gasteiger partial charge on any atom is 0.311 e. The van der Waals surface area contributed by atoms with Crippen molar-refractivity contribution in [3.05, 3.63) is 71.8 Å². The molecule has 0 spiro atoms. The van der Waals surface area contributed by atoms with Crippen LogP contribution in [0.1, 0.15) is 28.4 Å². The lowest BCUT2D eigenvalue weighted by molar-refractivity contribution is -0.147. The molecule has 0 N–H and O–H groups in total. The largest absolute Gasteiger partial charge is 0.469 e. The van der Waals surface area contributed by atoms with Crippen molar-refractivity contribution in [2.45, 2.75) is 18.5 Å². The Hall–Kier alpha value is -3.15. The van der Waals surface area contributed by atoms with Gasteiger partial charge in [-0.05, 0) is 24.1 Å². The van der Waals surface area contributed by atoms with E-state index in [0.29, 0.717) is 18.5 Å². The number of nitrogens with zero attached hydrogens (tertiary/aromatic N) is 2. The molecule has 2 aliphatic heterocycles. The number of hydrogen-bond donors (Lipinski definition) is 0. The van der Waals surface area contributed by atoms with Crippen LogP contribution < -0.4 is 0 Å². The van der Waals surface area contributed by atoms with Gasteiger partial charge >= 0.3 is 5.97 Å². The number of ether oxygens (including phenoxy) is 1. The average molecular weight is 378 g/mol. The van der Waals surface area contributed by atoms with Crippen molar-refractivity contribution in [1.29, 1.82) is 0 Å². The summed E-state index contributed by atoms with van der Waals surface area (Å²) in [5.74, 6) is -1.06. The molecule has 0 aromatic heterocycles. The highest BCUT2D eigenvalue weighted by molar-refractivity contribution is 5.97. The van der Waals surface area contributed by atoms with Gasteiger partial charge in [-0.2, -0.15) is 0 Å². The van der Waals surface area contributed by atoms with Crippen LogP contribution in [0, 0.1) is 5.92 Å². The minimum Gasteiger partial charge on any atom is -0.469 e. The molecule has 2 heterocycles. The summed E-state index contributed by atoms with van der Waals surface area (Å²) >= 11 is 0. The van der Waals surface area contributed by atoms with Crippen LogP contribution in [0.15, 0.2) is 60.7 Å². The summed E-state index contributed by atoms with van der Waals surface area (Å²) in [5.41, 5.74) is 1.47. The van der Waals surface area contributed by atoms with Crippen LogP contribution in [-0.4, -0.2) is 53.8 Å². The maximum absolute atomic E-state index is 13.0. The minimum atomic E-state index is -0.437. The maximum atomic E-state index is 13.0. The Kier molecular flexibility index (Phi) is 4.86. The number of esters is 1. The molecule has 6 heteroatoms. The van der Waals surface area contributed by atoms with Crippen LogP contribution in [0.2, 0.25) is 0 Å². The number of amides is 2. The molecule has 144 valence electrons. The molecule has 2 amide bonds. The van der Waals surface area contributed by atoms with Crippen LogP contribution >= 0.6 is 0 Å². The van der Waals surface area contributed by atoms with Gasteiger partial charge in [0.2, 0.25) is 5.91 Å². The van der Waals surface area contributed by atoms with Gasteiger partial charge < -0.3 is 14.5 Å². The van der Waals surface area contributed by atoms with E-state index in [1.54, 1.807) is 34.1 Å². The first-order valence-corrected chi connectivity index (χ1v) is 9.38. The van der Waals surface area contributed by atoms with Crippen LogP contribution in [0.25, 0.3) is 0 Å². The third-order valence-electron chi connectivity index (χ3n) is 5.60.